The Labute approximate surface area is 116 Å². The van der Waals surface area contributed by atoms with Gasteiger partial charge in [-0.05, 0) is 24.3 Å². The van der Waals surface area contributed by atoms with Crippen LogP contribution in [0.4, 0.5) is 13.2 Å². The molecule has 112 valence electrons. The molecule has 10 heteroatoms. The van der Waals surface area contributed by atoms with Gasteiger partial charge >= 0.3 is 12.1 Å². The van der Waals surface area contributed by atoms with Crippen molar-refractivity contribution < 1.29 is 31.5 Å². The number of nitrogens with one attached hydrogen (secondary N) is 1. The van der Waals surface area contributed by atoms with E-state index < -0.39 is 43.9 Å². The first-order chi connectivity index (χ1) is 9.06. The number of hydrogen-bond donors (Lipinski definition) is 2. The van der Waals surface area contributed by atoms with Gasteiger partial charge in [0.2, 0.25) is 10.0 Å². The molecule has 0 bridgehead atoms. The molecule has 0 radical (unpaired) electrons. The van der Waals surface area contributed by atoms with Crippen LogP contribution in [-0.4, -0.2) is 25.0 Å². The molecule has 0 aromatic carbocycles. The molecule has 0 saturated heterocycles. The summed E-state index contributed by atoms with van der Waals surface area (Å²) < 4.78 is 64.2. The highest BCUT2D eigenvalue weighted by Crippen LogP contribution is 2.42. The van der Waals surface area contributed by atoms with Crippen molar-refractivity contribution in [2.24, 2.45) is 0 Å². The van der Waals surface area contributed by atoms with Gasteiger partial charge in [0, 0.05) is 5.54 Å². The maximum Gasteiger partial charge on any atom is 0.426 e. The van der Waals surface area contributed by atoms with Gasteiger partial charge in [-0.3, -0.25) is 4.79 Å². The van der Waals surface area contributed by atoms with Gasteiger partial charge in [-0.15, -0.1) is 11.3 Å². The maximum atomic E-state index is 12.7. The Balaban J connectivity index is 2.29. The van der Waals surface area contributed by atoms with Crippen LogP contribution in [0, 0.1) is 0 Å². The predicted molar refractivity (Wildman–Crippen MR) is 63.9 cm³/mol. The Kier molecular flexibility index (Phi) is 3.59. The summed E-state index contributed by atoms with van der Waals surface area (Å²) in [6, 6.07) is 0.868. The van der Waals surface area contributed by atoms with Crippen LogP contribution in [0.2, 0.25) is 0 Å². The van der Waals surface area contributed by atoms with E-state index in [4.69, 9.17) is 5.11 Å². The first-order valence-corrected chi connectivity index (χ1v) is 7.83. The second-order valence-electron chi connectivity index (χ2n) is 4.57. The van der Waals surface area contributed by atoms with Gasteiger partial charge in [0.05, 0.1) is 6.42 Å². The van der Waals surface area contributed by atoms with Crippen molar-refractivity contribution in [2.45, 2.75) is 35.9 Å². The molecular weight excluding hydrogens is 319 g/mol. The number of halogens is 3. The van der Waals surface area contributed by atoms with E-state index in [1.165, 1.54) is 0 Å². The first-order valence-electron chi connectivity index (χ1n) is 5.46. The molecule has 0 amide bonds. The van der Waals surface area contributed by atoms with E-state index in [2.05, 4.69) is 4.72 Å². The molecule has 2 rings (SSSR count). The summed E-state index contributed by atoms with van der Waals surface area (Å²) in [6.07, 6.45) is -4.62. The molecule has 1 saturated carbocycles. The summed E-state index contributed by atoms with van der Waals surface area (Å²) in [5.41, 5.74) is -1.16. The van der Waals surface area contributed by atoms with Gasteiger partial charge < -0.3 is 5.11 Å². The molecule has 0 aliphatic heterocycles. The lowest BCUT2D eigenvalue weighted by molar-refractivity contribution is -0.138. The Morgan fingerprint density at radius 1 is 1.45 bits per heavy atom. The summed E-state index contributed by atoms with van der Waals surface area (Å²) in [6.45, 7) is 0. The van der Waals surface area contributed by atoms with Crippen LogP contribution in [0.3, 0.4) is 0 Å². The van der Waals surface area contributed by atoms with Gasteiger partial charge in [0.15, 0.2) is 0 Å². The number of thiophene rings is 1. The van der Waals surface area contributed by atoms with E-state index in [9.17, 15) is 26.4 Å². The molecule has 0 atom stereocenters. The van der Waals surface area contributed by atoms with E-state index in [1.54, 1.807) is 0 Å². The summed E-state index contributed by atoms with van der Waals surface area (Å²) in [5.74, 6) is -1.20. The number of carboxylic acid groups (broad SMARTS) is 1. The molecule has 5 nitrogen and oxygen atoms in total. The van der Waals surface area contributed by atoms with Crippen LogP contribution in [0.15, 0.2) is 16.3 Å². The Morgan fingerprint density at radius 2 is 2.05 bits per heavy atom. The van der Waals surface area contributed by atoms with Crippen LogP contribution in [-0.2, 0) is 21.0 Å². The number of aliphatic carboxylic acids is 1. The van der Waals surface area contributed by atoms with Crippen LogP contribution in [0.25, 0.3) is 0 Å². The quantitative estimate of drug-likeness (QED) is 0.866. The molecule has 1 heterocycles. The Morgan fingerprint density at radius 3 is 2.50 bits per heavy atom. The monoisotopic (exact) mass is 329 g/mol. The van der Waals surface area contributed by atoms with Gasteiger partial charge in [-0.1, -0.05) is 0 Å². The average Bonchev–Trinajstić information content (AvgIpc) is 2.79. The van der Waals surface area contributed by atoms with Crippen molar-refractivity contribution in [2.75, 3.05) is 0 Å². The Bertz CT molecular complexity index is 631. The van der Waals surface area contributed by atoms with Gasteiger partial charge in [0.1, 0.15) is 9.77 Å². The number of alkyl halides is 3. The molecule has 1 aromatic heterocycles. The second kappa shape index (κ2) is 4.71. The number of sulfonamides is 1. The van der Waals surface area contributed by atoms with Crippen LogP contribution in [0.5, 0.6) is 0 Å². The zero-order valence-corrected chi connectivity index (χ0v) is 11.5. The fourth-order valence-corrected chi connectivity index (χ4v) is 4.59. The lowest BCUT2D eigenvalue weighted by atomic mass is 10.2. The van der Waals surface area contributed by atoms with Gasteiger partial charge in [-0.25, -0.2) is 13.1 Å². The molecule has 1 fully saturated rings. The molecule has 0 spiro atoms. The van der Waals surface area contributed by atoms with Crippen molar-refractivity contribution >= 4 is 27.3 Å². The molecule has 1 aromatic rings. The topological polar surface area (TPSA) is 83.5 Å². The highest BCUT2D eigenvalue weighted by Gasteiger charge is 2.49. The van der Waals surface area contributed by atoms with E-state index in [-0.39, 0.29) is 11.3 Å². The molecule has 1 aliphatic carbocycles. The van der Waals surface area contributed by atoms with Crippen LogP contribution >= 0.6 is 11.3 Å². The Hall–Kier alpha value is -1.13. The molecule has 1 aliphatic rings. The number of carbonyl (C=O) groups is 1. The third kappa shape index (κ3) is 3.13. The summed E-state index contributed by atoms with van der Waals surface area (Å²) in [7, 11) is -4.39. The van der Waals surface area contributed by atoms with Gasteiger partial charge in [0.25, 0.3) is 0 Å². The number of carboxylic acids is 1. The maximum absolute atomic E-state index is 12.7. The van der Waals surface area contributed by atoms with Crippen molar-refractivity contribution in [3.05, 3.63) is 16.3 Å². The molecule has 0 unspecified atom stereocenters. The largest absolute Gasteiger partial charge is 0.481 e. The van der Waals surface area contributed by atoms with Crippen molar-refractivity contribution in [1.82, 2.24) is 4.72 Å². The smallest absolute Gasteiger partial charge is 0.426 e. The minimum absolute atomic E-state index is 0.283. The normalized spacial score (nSPS) is 17.9. The van der Waals surface area contributed by atoms with Crippen LogP contribution < -0.4 is 4.72 Å². The summed E-state index contributed by atoms with van der Waals surface area (Å²) >= 11 is 0.283. The third-order valence-corrected chi connectivity index (χ3v) is 5.58. The zero-order chi connectivity index (χ0) is 15.2. The standard InChI is InChI=1S/C10H10F3NO4S2/c11-10(12,13)8-6(1-4-19-8)20(17,18)14-9(2-3-9)5-7(15)16/h1,4,14H,2-3,5H2,(H,15,16). The molecular formula is C10H10F3NO4S2. The van der Waals surface area contributed by atoms with E-state index >= 15 is 0 Å². The van der Waals surface area contributed by atoms with Crippen molar-refractivity contribution in [3.63, 3.8) is 0 Å². The lowest BCUT2D eigenvalue weighted by Crippen LogP contribution is -2.38. The number of rotatable bonds is 5. The van der Waals surface area contributed by atoms with E-state index in [1.807, 2.05) is 0 Å². The van der Waals surface area contributed by atoms with Crippen LogP contribution in [0.1, 0.15) is 24.1 Å². The third-order valence-electron chi connectivity index (χ3n) is 2.87. The fraction of sp³-hybridized carbons (Fsp3) is 0.500. The SMILES string of the molecule is O=C(O)CC1(NS(=O)(=O)c2ccsc2C(F)(F)F)CC1. The first kappa shape index (κ1) is 15.3. The van der Waals surface area contributed by atoms with Crippen molar-refractivity contribution in [3.8, 4) is 0 Å². The highest BCUT2D eigenvalue weighted by molar-refractivity contribution is 7.89. The summed E-state index contributed by atoms with van der Waals surface area (Å²) in [4.78, 5) is 8.57. The molecule has 2 N–H and O–H groups in total. The zero-order valence-electron chi connectivity index (χ0n) is 9.90. The fourth-order valence-electron chi connectivity index (χ4n) is 1.81. The van der Waals surface area contributed by atoms with Crippen molar-refractivity contribution in [1.29, 1.82) is 0 Å². The summed E-state index contributed by atoms with van der Waals surface area (Å²) in [5, 5.41) is 9.72. The average molecular weight is 329 g/mol. The van der Waals surface area contributed by atoms with E-state index in [0.29, 0.717) is 12.8 Å². The predicted octanol–water partition coefficient (Wildman–Crippen LogP) is 2.05. The molecule has 20 heavy (non-hydrogen) atoms. The lowest BCUT2D eigenvalue weighted by Gasteiger charge is -2.16. The van der Waals surface area contributed by atoms with E-state index in [0.717, 1.165) is 11.4 Å². The highest BCUT2D eigenvalue weighted by atomic mass is 32.2. The van der Waals surface area contributed by atoms with Gasteiger partial charge in [-0.2, -0.15) is 13.2 Å². The number of hydrogen-bond acceptors (Lipinski definition) is 4. The minimum atomic E-state index is -4.76. The minimum Gasteiger partial charge on any atom is -0.481 e. The second-order valence-corrected chi connectivity index (χ2v) is 7.14.